The molecule has 46 valence electrons. The summed E-state index contributed by atoms with van der Waals surface area (Å²) >= 11 is 0. The van der Waals surface area contributed by atoms with E-state index in [0.717, 1.165) is 0 Å². The van der Waals surface area contributed by atoms with E-state index in [-0.39, 0.29) is 25.5 Å². The normalized spacial score (nSPS) is 25.1. The van der Waals surface area contributed by atoms with Crippen molar-refractivity contribution >= 4 is 5.97 Å². The van der Waals surface area contributed by atoms with Crippen molar-refractivity contribution < 1.29 is 33.5 Å². The maximum Gasteiger partial charge on any atom is 1.00 e. The first-order chi connectivity index (χ1) is 3.80. The molecule has 1 saturated heterocycles. The molecule has 0 radical (unpaired) electrons. The summed E-state index contributed by atoms with van der Waals surface area (Å²) in [6.07, 6.45) is 0. The number of carbonyl (C=O) groups excluding carboxylic acids is 1. The molecular weight excluding hydrogens is 117 g/mol. The monoisotopic (exact) mass is 123 g/mol. The van der Waals surface area contributed by atoms with Crippen molar-refractivity contribution in [2.75, 3.05) is 13.3 Å². The number of carboxylic acid groups (broad SMARTS) is 1. The Morgan fingerprint density at radius 1 is 1.78 bits per heavy atom. The fourth-order valence-corrected chi connectivity index (χ4v) is 0.547. The van der Waals surface area contributed by atoms with Crippen molar-refractivity contribution in [3.05, 3.63) is 0 Å². The molecule has 0 aromatic heterocycles. The van der Waals surface area contributed by atoms with Gasteiger partial charge in [0.25, 0.3) is 0 Å². The van der Waals surface area contributed by atoms with E-state index >= 15 is 0 Å². The second-order valence-electron chi connectivity index (χ2n) is 1.59. The first-order valence-electron chi connectivity index (χ1n) is 2.32. The summed E-state index contributed by atoms with van der Waals surface area (Å²) in [4.78, 5) is 9.95. The summed E-state index contributed by atoms with van der Waals surface area (Å²) in [5, 5.41) is 12.5. The number of hydrogen-bond donors (Lipinski definition) is 1. The summed E-state index contributed by atoms with van der Waals surface area (Å²) in [5.74, 6) is -1.09. The molecule has 1 aliphatic heterocycles. The van der Waals surface area contributed by atoms with Crippen LogP contribution in [-0.4, -0.2) is 25.3 Å². The Kier molecular flexibility index (Phi) is 3.90. The minimum absolute atomic E-state index is 0. The van der Waals surface area contributed by atoms with Crippen molar-refractivity contribution in [1.82, 2.24) is 5.32 Å². The van der Waals surface area contributed by atoms with Crippen LogP contribution >= 0.6 is 0 Å². The molecule has 0 spiro atoms. The molecule has 0 amide bonds. The number of nitrogens with one attached hydrogen (secondary N) is 1. The number of hydrogen-bond acceptors (Lipinski definition) is 4. The average Bonchev–Trinajstić information content (AvgIpc) is 2.12. The van der Waals surface area contributed by atoms with E-state index in [0.29, 0.717) is 6.73 Å². The van der Waals surface area contributed by atoms with Crippen molar-refractivity contribution in [2.24, 2.45) is 0 Å². The zero-order valence-corrected chi connectivity index (χ0v) is 5.22. The maximum atomic E-state index is 9.95. The summed E-state index contributed by atoms with van der Waals surface area (Å²) in [7, 11) is 0. The van der Waals surface area contributed by atoms with E-state index < -0.39 is 12.0 Å². The summed E-state index contributed by atoms with van der Waals surface area (Å²) < 4.78 is 4.69. The SMILES string of the molecule is O=C([O-])C1COCN1.[Li+]. The number of carbonyl (C=O) groups is 1. The standard InChI is InChI=1S/C4H7NO3.Li/c6-4(7)3-1-8-2-5-3;/h3,5H,1-2H2,(H,6,7);/q;+1/p-1. The third-order valence-electron chi connectivity index (χ3n) is 1.00. The fraction of sp³-hybridized carbons (Fsp3) is 0.750. The predicted octanol–water partition coefficient (Wildman–Crippen LogP) is -5.31. The minimum Gasteiger partial charge on any atom is -0.548 e. The van der Waals surface area contributed by atoms with Crippen LogP contribution < -0.4 is 29.3 Å². The van der Waals surface area contributed by atoms with Crippen LogP contribution in [0.1, 0.15) is 0 Å². The van der Waals surface area contributed by atoms with Crippen LogP contribution in [0.4, 0.5) is 0 Å². The van der Waals surface area contributed by atoms with Gasteiger partial charge in [-0.3, -0.25) is 5.32 Å². The smallest absolute Gasteiger partial charge is 0.548 e. The molecule has 5 heteroatoms. The topological polar surface area (TPSA) is 61.4 Å². The molecule has 1 N–H and O–H groups in total. The third kappa shape index (κ3) is 2.37. The molecule has 1 unspecified atom stereocenters. The van der Waals surface area contributed by atoms with E-state index in [1.165, 1.54) is 0 Å². The van der Waals surface area contributed by atoms with Gasteiger partial charge in [0.2, 0.25) is 0 Å². The maximum absolute atomic E-state index is 9.95. The van der Waals surface area contributed by atoms with Gasteiger partial charge < -0.3 is 14.6 Å². The van der Waals surface area contributed by atoms with Crippen molar-refractivity contribution in [3.63, 3.8) is 0 Å². The predicted molar refractivity (Wildman–Crippen MR) is 22.7 cm³/mol. The van der Waals surface area contributed by atoms with Gasteiger partial charge in [0, 0.05) is 0 Å². The molecule has 0 bridgehead atoms. The molecular formula is C4H6LiNO3. The Labute approximate surface area is 64.7 Å². The van der Waals surface area contributed by atoms with E-state index in [2.05, 4.69) is 10.1 Å². The summed E-state index contributed by atoms with van der Waals surface area (Å²) in [6, 6.07) is -0.602. The second kappa shape index (κ2) is 3.91. The molecule has 1 rings (SSSR count). The molecule has 0 aromatic rings. The number of aliphatic carboxylic acids is 1. The molecule has 0 saturated carbocycles. The van der Waals surface area contributed by atoms with Gasteiger partial charge in [0.15, 0.2) is 0 Å². The minimum atomic E-state index is -1.09. The van der Waals surface area contributed by atoms with Gasteiger partial charge in [-0.25, -0.2) is 0 Å². The molecule has 0 aromatic carbocycles. The van der Waals surface area contributed by atoms with Crippen LogP contribution in [0.3, 0.4) is 0 Å². The number of ether oxygens (including phenoxy) is 1. The Morgan fingerprint density at radius 3 is 2.67 bits per heavy atom. The molecule has 1 atom stereocenters. The molecule has 1 fully saturated rings. The Morgan fingerprint density at radius 2 is 2.44 bits per heavy atom. The molecule has 9 heavy (non-hydrogen) atoms. The Bertz CT molecular complexity index is 102. The van der Waals surface area contributed by atoms with Gasteiger partial charge in [-0.2, -0.15) is 0 Å². The zero-order chi connectivity index (χ0) is 5.98. The van der Waals surface area contributed by atoms with Gasteiger partial charge >= 0.3 is 18.9 Å². The summed E-state index contributed by atoms with van der Waals surface area (Å²) in [5.41, 5.74) is 0. The fourth-order valence-electron chi connectivity index (χ4n) is 0.547. The number of rotatable bonds is 1. The van der Waals surface area contributed by atoms with Gasteiger partial charge in [-0.1, -0.05) is 0 Å². The molecule has 0 aliphatic carbocycles. The van der Waals surface area contributed by atoms with Gasteiger partial charge in [0.1, 0.15) is 0 Å². The largest absolute Gasteiger partial charge is 1.00 e. The molecule has 1 heterocycles. The third-order valence-corrected chi connectivity index (χ3v) is 1.00. The molecule has 4 nitrogen and oxygen atoms in total. The van der Waals surface area contributed by atoms with E-state index in [1.807, 2.05) is 0 Å². The Balaban J connectivity index is 0.000000640. The van der Waals surface area contributed by atoms with Crippen LogP contribution in [0.2, 0.25) is 0 Å². The van der Waals surface area contributed by atoms with E-state index in [4.69, 9.17) is 0 Å². The Hall–Kier alpha value is -0.0126. The quantitative estimate of drug-likeness (QED) is 0.354. The average molecular weight is 123 g/mol. The van der Waals surface area contributed by atoms with Crippen molar-refractivity contribution in [3.8, 4) is 0 Å². The van der Waals surface area contributed by atoms with Crippen LogP contribution in [0, 0.1) is 0 Å². The van der Waals surface area contributed by atoms with Crippen LogP contribution in [-0.2, 0) is 9.53 Å². The van der Waals surface area contributed by atoms with Gasteiger partial charge in [-0.15, -0.1) is 0 Å². The summed E-state index contributed by atoms with van der Waals surface area (Å²) in [6.45, 7) is 0.543. The molecule has 1 aliphatic rings. The second-order valence-corrected chi connectivity index (χ2v) is 1.59. The van der Waals surface area contributed by atoms with Crippen molar-refractivity contribution in [1.29, 1.82) is 0 Å². The van der Waals surface area contributed by atoms with Crippen LogP contribution in [0.5, 0.6) is 0 Å². The number of carboxylic acids is 1. The van der Waals surface area contributed by atoms with E-state index in [1.54, 1.807) is 0 Å². The van der Waals surface area contributed by atoms with E-state index in [9.17, 15) is 9.90 Å². The first kappa shape index (κ1) is 8.99. The van der Waals surface area contributed by atoms with Crippen LogP contribution in [0.15, 0.2) is 0 Å². The van der Waals surface area contributed by atoms with Gasteiger partial charge in [0.05, 0.1) is 25.3 Å². The first-order valence-corrected chi connectivity index (χ1v) is 2.32. The van der Waals surface area contributed by atoms with Crippen LogP contribution in [0.25, 0.3) is 0 Å². The zero-order valence-electron chi connectivity index (χ0n) is 5.22. The van der Waals surface area contributed by atoms with Gasteiger partial charge in [-0.05, 0) is 0 Å². The van der Waals surface area contributed by atoms with Crippen molar-refractivity contribution in [2.45, 2.75) is 6.04 Å².